The molecule has 1 heterocycles. The van der Waals surface area contributed by atoms with E-state index in [4.69, 9.17) is 0 Å². The van der Waals surface area contributed by atoms with Gasteiger partial charge in [0.2, 0.25) is 15.9 Å². The summed E-state index contributed by atoms with van der Waals surface area (Å²) < 4.78 is 27.1. The van der Waals surface area contributed by atoms with Crippen LogP contribution in [0.25, 0.3) is 0 Å². The third kappa shape index (κ3) is 5.37. The average Bonchev–Trinajstić information content (AvgIpc) is 2.58. The van der Waals surface area contributed by atoms with Gasteiger partial charge in [0, 0.05) is 26.0 Å². The fraction of sp³-hybridized carbons (Fsp3) is 0.333. The molecule has 0 saturated carbocycles. The number of sulfonamides is 1. The summed E-state index contributed by atoms with van der Waals surface area (Å²) in [6.45, 7) is 3.89. The summed E-state index contributed by atoms with van der Waals surface area (Å²) in [5.41, 5.74) is 2.72. The lowest BCUT2D eigenvalue weighted by Crippen LogP contribution is -2.39. The third-order valence-electron chi connectivity index (χ3n) is 3.94. The second-order valence-electron chi connectivity index (χ2n) is 6.01. The highest BCUT2D eigenvalue weighted by Gasteiger charge is 2.19. The highest BCUT2D eigenvalue weighted by atomic mass is 32.2. The van der Waals surface area contributed by atoms with E-state index in [-0.39, 0.29) is 17.3 Å². The van der Waals surface area contributed by atoms with Gasteiger partial charge in [-0.1, -0.05) is 17.7 Å². The Labute approximate surface area is 148 Å². The van der Waals surface area contributed by atoms with Crippen molar-refractivity contribution in [2.45, 2.75) is 25.2 Å². The predicted molar refractivity (Wildman–Crippen MR) is 96.7 cm³/mol. The van der Waals surface area contributed by atoms with E-state index < -0.39 is 10.0 Å². The Kier molecular flexibility index (Phi) is 6.27. The van der Waals surface area contributed by atoms with Crippen molar-refractivity contribution in [2.75, 3.05) is 20.1 Å². The average molecular weight is 361 g/mol. The molecule has 0 saturated heterocycles. The van der Waals surface area contributed by atoms with Crippen LogP contribution in [0.2, 0.25) is 0 Å². The highest BCUT2D eigenvalue weighted by molar-refractivity contribution is 7.89. The molecule has 7 heteroatoms. The topological polar surface area (TPSA) is 79.4 Å². The molecule has 1 N–H and O–H groups in total. The number of pyridine rings is 1. The van der Waals surface area contributed by atoms with Gasteiger partial charge in [-0.15, -0.1) is 0 Å². The Morgan fingerprint density at radius 2 is 1.84 bits per heavy atom. The van der Waals surface area contributed by atoms with Crippen molar-refractivity contribution in [3.8, 4) is 0 Å². The van der Waals surface area contributed by atoms with Gasteiger partial charge in [0.25, 0.3) is 0 Å². The van der Waals surface area contributed by atoms with Crippen LogP contribution in [0.3, 0.4) is 0 Å². The smallest absolute Gasteiger partial charge is 0.241 e. The van der Waals surface area contributed by atoms with Crippen molar-refractivity contribution in [3.63, 3.8) is 0 Å². The number of carbonyl (C=O) groups excluding carboxylic acids is 1. The van der Waals surface area contributed by atoms with Gasteiger partial charge in [-0.2, -0.15) is 0 Å². The van der Waals surface area contributed by atoms with Crippen molar-refractivity contribution in [1.82, 2.24) is 14.6 Å². The fourth-order valence-corrected chi connectivity index (χ4v) is 3.64. The number of likely N-dealkylation sites (N-methyl/N-ethyl adjacent to an activating group) is 1. The normalized spacial score (nSPS) is 11.3. The van der Waals surface area contributed by atoms with Crippen LogP contribution >= 0.6 is 0 Å². The van der Waals surface area contributed by atoms with Gasteiger partial charge < -0.3 is 4.90 Å². The maximum atomic E-state index is 12.4. The molecule has 2 aromatic rings. The summed E-state index contributed by atoms with van der Waals surface area (Å²) in [7, 11) is -2.05. The molecule has 0 fully saturated rings. The van der Waals surface area contributed by atoms with E-state index in [1.54, 1.807) is 44.6 Å². The Bertz CT molecular complexity index is 836. The molecule has 0 unspecified atom stereocenters. The van der Waals surface area contributed by atoms with Crippen LogP contribution in [0, 0.1) is 13.8 Å². The summed E-state index contributed by atoms with van der Waals surface area (Å²) in [5, 5.41) is 0. The van der Waals surface area contributed by atoms with Crippen LogP contribution in [0.4, 0.5) is 0 Å². The molecule has 0 aliphatic rings. The number of benzene rings is 1. The van der Waals surface area contributed by atoms with Crippen LogP contribution in [0.1, 0.15) is 16.7 Å². The number of aromatic nitrogens is 1. The minimum atomic E-state index is -3.71. The SMILES string of the molecule is Cc1ccc(S(=O)(=O)NCC(=O)N(C)CCc2ccncc2)c(C)c1. The van der Waals surface area contributed by atoms with Gasteiger partial charge in [0.1, 0.15) is 0 Å². The first-order valence-corrected chi connectivity index (χ1v) is 9.48. The van der Waals surface area contributed by atoms with Crippen LogP contribution in [0.5, 0.6) is 0 Å². The summed E-state index contributed by atoms with van der Waals surface area (Å²) in [6, 6.07) is 8.88. The molecule has 0 bridgehead atoms. The summed E-state index contributed by atoms with van der Waals surface area (Å²) in [6.07, 6.45) is 4.10. The zero-order chi connectivity index (χ0) is 18.4. The van der Waals surface area contributed by atoms with Gasteiger partial charge in [-0.05, 0) is 49.6 Å². The first kappa shape index (κ1) is 19.1. The van der Waals surface area contributed by atoms with Gasteiger partial charge >= 0.3 is 0 Å². The maximum absolute atomic E-state index is 12.4. The Morgan fingerprint density at radius 1 is 1.16 bits per heavy atom. The molecule has 0 radical (unpaired) electrons. The molecular weight excluding hydrogens is 338 g/mol. The number of aryl methyl sites for hydroxylation is 2. The first-order chi connectivity index (χ1) is 11.8. The van der Waals surface area contributed by atoms with E-state index in [0.29, 0.717) is 18.5 Å². The van der Waals surface area contributed by atoms with Crippen LogP contribution < -0.4 is 4.72 Å². The molecule has 25 heavy (non-hydrogen) atoms. The predicted octanol–water partition coefficient (Wildman–Crippen LogP) is 1.68. The molecule has 134 valence electrons. The van der Waals surface area contributed by atoms with Gasteiger partial charge in [-0.3, -0.25) is 9.78 Å². The zero-order valence-electron chi connectivity index (χ0n) is 14.7. The van der Waals surface area contributed by atoms with Crippen molar-refractivity contribution >= 4 is 15.9 Å². The van der Waals surface area contributed by atoms with Crippen molar-refractivity contribution in [1.29, 1.82) is 0 Å². The fourth-order valence-electron chi connectivity index (χ4n) is 2.44. The zero-order valence-corrected chi connectivity index (χ0v) is 15.5. The van der Waals surface area contributed by atoms with E-state index in [9.17, 15) is 13.2 Å². The number of rotatable bonds is 7. The van der Waals surface area contributed by atoms with E-state index >= 15 is 0 Å². The number of carbonyl (C=O) groups is 1. The lowest BCUT2D eigenvalue weighted by Gasteiger charge is -2.18. The van der Waals surface area contributed by atoms with Crippen LogP contribution in [-0.4, -0.2) is 44.3 Å². The monoisotopic (exact) mass is 361 g/mol. The minimum Gasteiger partial charge on any atom is -0.344 e. The van der Waals surface area contributed by atoms with E-state index in [2.05, 4.69) is 9.71 Å². The lowest BCUT2D eigenvalue weighted by molar-refractivity contribution is -0.128. The molecule has 0 aliphatic heterocycles. The van der Waals surface area contributed by atoms with Crippen LogP contribution in [-0.2, 0) is 21.2 Å². The summed E-state index contributed by atoms with van der Waals surface area (Å²) in [4.78, 5) is 17.8. The number of amides is 1. The largest absolute Gasteiger partial charge is 0.344 e. The Balaban J connectivity index is 1.91. The second kappa shape index (κ2) is 8.22. The summed E-state index contributed by atoms with van der Waals surface area (Å²) in [5.74, 6) is -0.276. The van der Waals surface area contributed by atoms with Crippen molar-refractivity contribution in [3.05, 3.63) is 59.4 Å². The Morgan fingerprint density at radius 3 is 2.48 bits per heavy atom. The number of nitrogens with zero attached hydrogens (tertiary/aromatic N) is 2. The Hall–Kier alpha value is -2.25. The number of hydrogen-bond acceptors (Lipinski definition) is 4. The first-order valence-electron chi connectivity index (χ1n) is 7.99. The minimum absolute atomic E-state index is 0.199. The summed E-state index contributed by atoms with van der Waals surface area (Å²) >= 11 is 0. The van der Waals surface area contributed by atoms with Gasteiger partial charge in [-0.25, -0.2) is 13.1 Å². The second-order valence-corrected chi connectivity index (χ2v) is 7.75. The molecular formula is C18H23N3O3S. The molecule has 2 rings (SSSR count). The molecule has 0 atom stereocenters. The molecule has 1 aromatic carbocycles. The molecule has 1 aromatic heterocycles. The van der Waals surface area contributed by atoms with Gasteiger partial charge in [0.15, 0.2) is 0 Å². The number of nitrogens with one attached hydrogen (secondary N) is 1. The molecule has 1 amide bonds. The third-order valence-corrected chi connectivity index (χ3v) is 5.51. The highest BCUT2D eigenvalue weighted by Crippen LogP contribution is 2.16. The van der Waals surface area contributed by atoms with E-state index in [0.717, 1.165) is 11.1 Å². The maximum Gasteiger partial charge on any atom is 0.241 e. The van der Waals surface area contributed by atoms with E-state index in [1.165, 1.54) is 4.90 Å². The standard InChI is InChI=1S/C18H23N3O3S/c1-14-4-5-17(15(2)12-14)25(23,24)20-13-18(22)21(3)11-8-16-6-9-19-10-7-16/h4-7,9-10,12,20H,8,11,13H2,1-3H3. The number of hydrogen-bond donors (Lipinski definition) is 1. The quantitative estimate of drug-likeness (QED) is 0.814. The van der Waals surface area contributed by atoms with Crippen molar-refractivity contribution in [2.24, 2.45) is 0 Å². The molecule has 0 spiro atoms. The van der Waals surface area contributed by atoms with E-state index in [1.807, 2.05) is 19.1 Å². The lowest BCUT2D eigenvalue weighted by atomic mass is 10.2. The van der Waals surface area contributed by atoms with Crippen molar-refractivity contribution < 1.29 is 13.2 Å². The molecule has 0 aliphatic carbocycles. The van der Waals surface area contributed by atoms with Crippen LogP contribution in [0.15, 0.2) is 47.6 Å². The van der Waals surface area contributed by atoms with Gasteiger partial charge in [0.05, 0.1) is 11.4 Å². The molecule has 6 nitrogen and oxygen atoms in total.